The summed E-state index contributed by atoms with van der Waals surface area (Å²) in [5, 5.41) is 14.9. The molecule has 4 rings (SSSR count). The molecule has 37 heavy (non-hydrogen) atoms. The second-order valence-electron chi connectivity index (χ2n) is 9.32. The van der Waals surface area contributed by atoms with Crippen molar-refractivity contribution in [2.75, 3.05) is 32.3 Å². The fourth-order valence-corrected chi connectivity index (χ4v) is 7.58. The zero-order chi connectivity index (χ0) is 26.9. The molecule has 3 aromatic rings. The van der Waals surface area contributed by atoms with Crippen LogP contribution in [-0.4, -0.2) is 64.4 Å². The average Bonchev–Trinajstić information content (AvgIpc) is 3.56. The summed E-state index contributed by atoms with van der Waals surface area (Å²) in [4.78, 5) is 41.2. The summed E-state index contributed by atoms with van der Waals surface area (Å²) in [6.45, 7) is 5.84. The number of carbonyl (C=O) groups excluding carboxylic acids is 3. The number of amides is 2. The number of ether oxygens (including phenoxy) is 1. The number of aryl methyl sites for hydroxylation is 1. The Balaban J connectivity index is 1.54. The topological polar surface area (TPSA) is 106 Å². The Morgan fingerprint density at radius 2 is 1.95 bits per heavy atom. The number of nitrogens with one attached hydrogen (secondary N) is 1. The first-order valence-electron chi connectivity index (χ1n) is 12.0. The minimum Gasteiger partial charge on any atom is -0.465 e. The lowest BCUT2D eigenvalue weighted by Gasteiger charge is -2.16. The van der Waals surface area contributed by atoms with Gasteiger partial charge in [0.05, 0.1) is 23.3 Å². The number of esters is 1. The summed E-state index contributed by atoms with van der Waals surface area (Å²) in [7, 11) is 4.55. The number of carbonyl (C=O) groups is 3. The highest BCUT2D eigenvalue weighted by atomic mass is 32.2. The Morgan fingerprint density at radius 3 is 2.62 bits per heavy atom. The van der Waals surface area contributed by atoms with Crippen LogP contribution in [0.25, 0.3) is 11.4 Å². The van der Waals surface area contributed by atoms with Gasteiger partial charge in [-0.2, -0.15) is 0 Å². The third-order valence-electron chi connectivity index (χ3n) is 6.21. The number of methoxy groups -OCH3 is 1. The van der Waals surface area contributed by atoms with Gasteiger partial charge in [-0.1, -0.05) is 11.8 Å². The summed E-state index contributed by atoms with van der Waals surface area (Å²) >= 11 is 4.16. The predicted molar refractivity (Wildman–Crippen MR) is 148 cm³/mol. The molecule has 3 heterocycles. The maximum absolute atomic E-state index is 13.0. The van der Waals surface area contributed by atoms with Gasteiger partial charge in [-0.05, 0) is 57.6 Å². The first kappa shape index (κ1) is 27.3. The normalized spacial score (nSPS) is 12.9. The number of rotatable bonds is 8. The minimum atomic E-state index is -0.599. The number of nitrogens with zero attached hydrogens (tertiary/aromatic N) is 4. The lowest BCUT2D eigenvalue weighted by molar-refractivity contribution is -0.113. The zero-order valence-corrected chi connectivity index (χ0v) is 24.3. The first-order chi connectivity index (χ1) is 17.6. The molecule has 2 amide bonds. The lowest BCUT2D eigenvalue weighted by atomic mass is 9.95. The van der Waals surface area contributed by atoms with E-state index in [2.05, 4.69) is 39.3 Å². The van der Waals surface area contributed by atoms with E-state index in [1.807, 2.05) is 0 Å². The molecule has 0 fully saturated rings. The summed E-state index contributed by atoms with van der Waals surface area (Å²) in [5.41, 5.74) is 3.21. The molecule has 1 aliphatic rings. The highest BCUT2D eigenvalue weighted by Crippen LogP contribution is 2.38. The molecule has 198 valence electrons. The predicted octanol–water partition coefficient (Wildman–Crippen LogP) is 5.06. The van der Waals surface area contributed by atoms with E-state index in [-0.39, 0.29) is 29.2 Å². The number of fused-ring (bicyclic) bond motifs is 1. The van der Waals surface area contributed by atoms with Crippen molar-refractivity contribution in [3.63, 3.8) is 0 Å². The van der Waals surface area contributed by atoms with Crippen LogP contribution in [0.15, 0.2) is 10.5 Å². The molecule has 0 spiro atoms. The molecular weight excluding hydrogens is 531 g/mol. The van der Waals surface area contributed by atoms with E-state index < -0.39 is 5.97 Å². The van der Waals surface area contributed by atoms with Gasteiger partial charge < -0.3 is 15.0 Å². The van der Waals surface area contributed by atoms with Gasteiger partial charge in [-0.3, -0.25) is 14.2 Å². The second kappa shape index (κ2) is 11.4. The van der Waals surface area contributed by atoms with Crippen molar-refractivity contribution < 1.29 is 19.1 Å². The van der Waals surface area contributed by atoms with E-state index >= 15 is 0 Å². The smallest absolute Gasteiger partial charge is 0.341 e. The quantitative estimate of drug-likeness (QED) is 0.303. The van der Waals surface area contributed by atoms with Crippen LogP contribution in [0.3, 0.4) is 0 Å². The second-order valence-corrected chi connectivity index (χ2v) is 12.2. The highest BCUT2D eigenvalue weighted by Gasteiger charge is 2.28. The molecule has 1 N–H and O–H groups in total. The van der Waals surface area contributed by atoms with Crippen molar-refractivity contribution in [2.24, 2.45) is 0 Å². The maximum atomic E-state index is 13.0. The van der Waals surface area contributed by atoms with Gasteiger partial charge in [0.2, 0.25) is 5.91 Å². The third-order valence-corrected chi connectivity index (χ3v) is 9.43. The largest absolute Gasteiger partial charge is 0.465 e. The summed E-state index contributed by atoms with van der Waals surface area (Å²) in [5.74, 6) is -0.242. The van der Waals surface area contributed by atoms with Crippen molar-refractivity contribution in [2.45, 2.75) is 57.7 Å². The number of anilines is 1. The number of aromatic nitrogens is 3. The Bertz CT molecular complexity index is 1340. The fraction of sp³-hybridized carbons (Fsp3) is 0.480. The molecule has 0 aromatic carbocycles. The van der Waals surface area contributed by atoms with E-state index in [9.17, 15) is 14.4 Å². The van der Waals surface area contributed by atoms with Crippen LogP contribution in [0.4, 0.5) is 5.00 Å². The fourth-order valence-electron chi connectivity index (χ4n) is 4.36. The number of thiophene rings is 2. The van der Waals surface area contributed by atoms with Crippen LogP contribution in [0.1, 0.15) is 68.8 Å². The van der Waals surface area contributed by atoms with Gasteiger partial charge in [0.15, 0.2) is 11.0 Å². The van der Waals surface area contributed by atoms with Gasteiger partial charge >= 0.3 is 5.97 Å². The van der Waals surface area contributed by atoms with E-state index in [0.717, 1.165) is 35.6 Å². The molecule has 0 saturated carbocycles. The first-order valence-corrected chi connectivity index (χ1v) is 14.7. The number of hydrogen-bond acceptors (Lipinski definition) is 9. The van der Waals surface area contributed by atoms with Crippen molar-refractivity contribution in [1.82, 2.24) is 19.7 Å². The number of hydrogen-bond donors (Lipinski definition) is 1. The van der Waals surface area contributed by atoms with E-state index in [1.165, 1.54) is 47.1 Å². The molecule has 0 radical (unpaired) electrons. The highest BCUT2D eigenvalue weighted by molar-refractivity contribution is 7.99. The summed E-state index contributed by atoms with van der Waals surface area (Å²) in [6, 6.07) is 0.111. The standard InChI is InChI=1S/C25H31N5O4S3/c1-13(2)30-21(16-11-35-17-10-8-7-9-15(16)17)27-28-25(30)36-12-18(31)26-22-19(24(33)34-6)14(3)20(37-22)23(32)29(4)5/h11,13H,7-10,12H2,1-6H3,(H,26,31). The summed E-state index contributed by atoms with van der Waals surface area (Å²) in [6.07, 6.45) is 4.60. The van der Waals surface area contributed by atoms with Gasteiger partial charge in [-0.15, -0.1) is 32.9 Å². The monoisotopic (exact) mass is 561 g/mol. The van der Waals surface area contributed by atoms with Crippen molar-refractivity contribution in [3.8, 4) is 11.4 Å². The van der Waals surface area contributed by atoms with Gasteiger partial charge in [0.25, 0.3) is 5.91 Å². The molecular formula is C25H31N5O4S3. The van der Waals surface area contributed by atoms with Crippen molar-refractivity contribution >= 4 is 57.2 Å². The van der Waals surface area contributed by atoms with Crippen LogP contribution >= 0.6 is 34.4 Å². The van der Waals surface area contributed by atoms with Gasteiger partial charge in [-0.25, -0.2) is 4.79 Å². The molecule has 0 bridgehead atoms. The van der Waals surface area contributed by atoms with Crippen LogP contribution in [0, 0.1) is 6.92 Å². The van der Waals surface area contributed by atoms with Crippen LogP contribution < -0.4 is 5.32 Å². The number of thioether (sulfide) groups is 1. The molecule has 0 atom stereocenters. The Labute approximate surface area is 228 Å². The van der Waals surface area contributed by atoms with Crippen LogP contribution in [0.2, 0.25) is 0 Å². The third kappa shape index (κ3) is 5.46. The Hall–Kier alpha value is -2.70. The van der Waals surface area contributed by atoms with Gasteiger partial charge in [0, 0.05) is 36.0 Å². The van der Waals surface area contributed by atoms with Crippen LogP contribution in [-0.2, 0) is 22.4 Å². The SMILES string of the molecule is COC(=O)c1c(NC(=O)CSc2nnc(-c3csc4c3CCCC4)n2C(C)C)sc(C(=O)N(C)C)c1C. The maximum Gasteiger partial charge on any atom is 0.341 e. The Morgan fingerprint density at radius 1 is 1.22 bits per heavy atom. The minimum absolute atomic E-state index is 0.0706. The molecule has 0 saturated heterocycles. The molecule has 12 heteroatoms. The van der Waals surface area contributed by atoms with Crippen LogP contribution in [0.5, 0.6) is 0 Å². The molecule has 0 aliphatic heterocycles. The van der Waals surface area contributed by atoms with E-state index in [1.54, 1.807) is 32.4 Å². The molecule has 0 unspecified atom stereocenters. The average molecular weight is 562 g/mol. The zero-order valence-electron chi connectivity index (χ0n) is 21.8. The lowest BCUT2D eigenvalue weighted by Crippen LogP contribution is -2.21. The molecule has 3 aromatic heterocycles. The van der Waals surface area contributed by atoms with Crippen molar-refractivity contribution in [3.05, 3.63) is 31.8 Å². The molecule has 1 aliphatic carbocycles. The van der Waals surface area contributed by atoms with E-state index in [4.69, 9.17) is 4.74 Å². The molecule has 9 nitrogen and oxygen atoms in total. The van der Waals surface area contributed by atoms with Gasteiger partial charge in [0.1, 0.15) is 5.00 Å². The van der Waals surface area contributed by atoms with Crippen molar-refractivity contribution in [1.29, 1.82) is 0 Å². The van der Waals surface area contributed by atoms with E-state index in [0.29, 0.717) is 20.6 Å². The summed E-state index contributed by atoms with van der Waals surface area (Å²) < 4.78 is 6.99. The Kier molecular flexibility index (Phi) is 8.39.